The third-order valence-corrected chi connectivity index (χ3v) is 3.49. The minimum absolute atomic E-state index is 0.0513. The Labute approximate surface area is 100 Å². The molecule has 0 aromatic heterocycles. The molecule has 1 aliphatic rings. The first-order chi connectivity index (χ1) is 7.72. The zero-order chi connectivity index (χ0) is 12.0. The van der Waals surface area contributed by atoms with Gasteiger partial charge in [0.2, 0.25) is 0 Å². The Hall–Kier alpha value is -0.120. The van der Waals surface area contributed by atoms with Crippen LogP contribution >= 0.6 is 0 Å². The van der Waals surface area contributed by atoms with E-state index in [9.17, 15) is 0 Å². The first kappa shape index (κ1) is 13.9. The largest absolute Gasteiger partial charge is 0.352 e. The standard InChI is InChI=1S/C13H27NO2/c1-5-12-9-8-11(4)14(12)10-13(15-6-2)16-7-3/h11-13H,5-10H2,1-4H3. The molecule has 0 spiro atoms. The zero-order valence-electron chi connectivity index (χ0n) is 11.2. The van der Waals surface area contributed by atoms with Crippen molar-refractivity contribution in [3.63, 3.8) is 0 Å². The van der Waals surface area contributed by atoms with Crippen molar-refractivity contribution < 1.29 is 9.47 Å². The van der Waals surface area contributed by atoms with Crippen LogP contribution in [0.15, 0.2) is 0 Å². The highest BCUT2D eigenvalue weighted by Gasteiger charge is 2.31. The normalized spacial score (nSPS) is 26.8. The fraction of sp³-hybridized carbons (Fsp3) is 1.00. The summed E-state index contributed by atoms with van der Waals surface area (Å²) < 4.78 is 11.2. The predicted molar refractivity (Wildman–Crippen MR) is 66.5 cm³/mol. The van der Waals surface area contributed by atoms with Crippen molar-refractivity contribution in [3.05, 3.63) is 0 Å². The lowest BCUT2D eigenvalue weighted by atomic mass is 10.1. The molecule has 3 heteroatoms. The van der Waals surface area contributed by atoms with Crippen molar-refractivity contribution in [2.24, 2.45) is 0 Å². The van der Waals surface area contributed by atoms with Crippen molar-refractivity contribution in [2.75, 3.05) is 19.8 Å². The number of likely N-dealkylation sites (tertiary alicyclic amines) is 1. The van der Waals surface area contributed by atoms with Crippen LogP contribution in [0.3, 0.4) is 0 Å². The first-order valence-corrected chi connectivity index (χ1v) is 6.71. The molecule has 2 unspecified atom stereocenters. The molecule has 1 heterocycles. The van der Waals surface area contributed by atoms with Gasteiger partial charge in [-0.25, -0.2) is 0 Å². The summed E-state index contributed by atoms with van der Waals surface area (Å²) in [5.74, 6) is 0. The molecule has 16 heavy (non-hydrogen) atoms. The molecule has 1 fully saturated rings. The maximum atomic E-state index is 5.62. The van der Waals surface area contributed by atoms with E-state index in [1.165, 1.54) is 19.3 Å². The lowest BCUT2D eigenvalue weighted by Gasteiger charge is -2.31. The van der Waals surface area contributed by atoms with Gasteiger partial charge in [-0.15, -0.1) is 0 Å². The molecular weight excluding hydrogens is 202 g/mol. The summed E-state index contributed by atoms with van der Waals surface area (Å²) in [6.45, 7) is 11.0. The minimum Gasteiger partial charge on any atom is -0.352 e. The van der Waals surface area contributed by atoms with Gasteiger partial charge >= 0.3 is 0 Å². The first-order valence-electron chi connectivity index (χ1n) is 6.71. The molecule has 2 atom stereocenters. The Kier molecular flexibility index (Phi) is 6.32. The molecule has 0 aromatic rings. The van der Waals surface area contributed by atoms with Gasteiger partial charge < -0.3 is 9.47 Å². The van der Waals surface area contributed by atoms with Crippen molar-refractivity contribution in [3.8, 4) is 0 Å². The Bertz CT molecular complexity index is 181. The van der Waals surface area contributed by atoms with Crippen molar-refractivity contribution in [1.29, 1.82) is 0 Å². The molecule has 0 saturated carbocycles. The van der Waals surface area contributed by atoms with Gasteiger partial charge in [0.25, 0.3) is 0 Å². The smallest absolute Gasteiger partial charge is 0.170 e. The number of nitrogens with zero attached hydrogens (tertiary/aromatic N) is 1. The molecule has 0 radical (unpaired) electrons. The second-order valence-electron chi connectivity index (χ2n) is 4.53. The van der Waals surface area contributed by atoms with Crippen molar-refractivity contribution >= 4 is 0 Å². The van der Waals surface area contributed by atoms with Crippen LogP contribution in [0.2, 0.25) is 0 Å². The highest BCUT2D eigenvalue weighted by Crippen LogP contribution is 2.26. The molecule has 96 valence electrons. The van der Waals surface area contributed by atoms with Gasteiger partial charge in [-0.2, -0.15) is 0 Å². The zero-order valence-corrected chi connectivity index (χ0v) is 11.2. The molecule has 1 saturated heterocycles. The van der Waals surface area contributed by atoms with Gasteiger partial charge in [0, 0.05) is 25.3 Å². The number of rotatable bonds is 7. The molecule has 3 nitrogen and oxygen atoms in total. The van der Waals surface area contributed by atoms with Crippen LogP contribution in [0.4, 0.5) is 0 Å². The predicted octanol–water partition coefficient (Wildman–Crippen LogP) is 2.65. The number of hydrogen-bond acceptors (Lipinski definition) is 3. The van der Waals surface area contributed by atoms with Gasteiger partial charge in [-0.3, -0.25) is 4.90 Å². The van der Waals surface area contributed by atoms with Crippen LogP contribution in [0.25, 0.3) is 0 Å². The van der Waals surface area contributed by atoms with Gasteiger partial charge in [-0.05, 0) is 40.0 Å². The topological polar surface area (TPSA) is 21.7 Å². The molecule has 1 aliphatic heterocycles. The number of hydrogen-bond donors (Lipinski definition) is 0. The number of ether oxygens (including phenoxy) is 2. The summed E-state index contributed by atoms with van der Waals surface area (Å²) in [5.41, 5.74) is 0. The van der Waals surface area contributed by atoms with E-state index in [1.807, 2.05) is 13.8 Å². The summed E-state index contributed by atoms with van der Waals surface area (Å²) in [5, 5.41) is 0. The van der Waals surface area contributed by atoms with E-state index in [4.69, 9.17) is 9.47 Å². The highest BCUT2D eigenvalue weighted by atomic mass is 16.7. The van der Waals surface area contributed by atoms with E-state index in [0.29, 0.717) is 6.04 Å². The lowest BCUT2D eigenvalue weighted by Crippen LogP contribution is -2.42. The second kappa shape index (κ2) is 7.25. The summed E-state index contributed by atoms with van der Waals surface area (Å²) in [4.78, 5) is 2.55. The van der Waals surface area contributed by atoms with Crippen LogP contribution < -0.4 is 0 Å². The third-order valence-electron chi connectivity index (χ3n) is 3.49. The highest BCUT2D eigenvalue weighted by molar-refractivity contribution is 4.84. The Morgan fingerprint density at radius 3 is 2.25 bits per heavy atom. The molecule has 0 N–H and O–H groups in total. The van der Waals surface area contributed by atoms with Gasteiger partial charge in [0.05, 0.1) is 6.54 Å². The molecule has 0 bridgehead atoms. The van der Waals surface area contributed by atoms with Crippen LogP contribution in [0, 0.1) is 0 Å². The molecule has 1 rings (SSSR count). The average molecular weight is 229 g/mol. The summed E-state index contributed by atoms with van der Waals surface area (Å²) in [6, 6.07) is 1.40. The summed E-state index contributed by atoms with van der Waals surface area (Å²) in [6.07, 6.45) is 3.81. The lowest BCUT2D eigenvalue weighted by molar-refractivity contribution is -0.151. The van der Waals surface area contributed by atoms with Crippen LogP contribution in [-0.2, 0) is 9.47 Å². The van der Waals surface area contributed by atoms with Crippen LogP contribution in [0.1, 0.15) is 47.0 Å². The van der Waals surface area contributed by atoms with Crippen molar-refractivity contribution in [2.45, 2.75) is 65.3 Å². The van der Waals surface area contributed by atoms with Crippen LogP contribution in [0.5, 0.6) is 0 Å². The molecule has 0 aliphatic carbocycles. The van der Waals surface area contributed by atoms with E-state index >= 15 is 0 Å². The molecular formula is C13H27NO2. The Morgan fingerprint density at radius 1 is 1.12 bits per heavy atom. The molecule has 0 amide bonds. The summed E-state index contributed by atoms with van der Waals surface area (Å²) in [7, 11) is 0. The van der Waals surface area contributed by atoms with E-state index < -0.39 is 0 Å². The second-order valence-corrected chi connectivity index (χ2v) is 4.53. The molecule has 0 aromatic carbocycles. The fourth-order valence-corrected chi connectivity index (χ4v) is 2.59. The summed E-state index contributed by atoms with van der Waals surface area (Å²) >= 11 is 0. The monoisotopic (exact) mass is 229 g/mol. The van der Waals surface area contributed by atoms with Gasteiger partial charge in [0.15, 0.2) is 6.29 Å². The maximum absolute atomic E-state index is 5.62. The van der Waals surface area contributed by atoms with Gasteiger partial charge in [0.1, 0.15) is 0 Å². The fourth-order valence-electron chi connectivity index (χ4n) is 2.59. The SMILES string of the molecule is CCOC(CN1C(C)CCC1CC)OCC. The Balaban J connectivity index is 2.47. The van der Waals surface area contributed by atoms with E-state index in [1.54, 1.807) is 0 Å². The van der Waals surface area contributed by atoms with E-state index in [-0.39, 0.29) is 6.29 Å². The van der Waals surface area contributed by atoms with E-state index in [2.05, 4.69) is 18.7 Å². The van der Waals surface area contributed by atoms with Gasteiger partial charge in [-0.1, -0.05) is 6.92 Å². The Morgan fingerprint density at radius 2 is 1.75 bits per heavy atom. The average Bonchev–Trinajstić information content (AvgIpc) is 2.61. The van der Waals surface area contributed by atoms with Crippen molar-refractivity contribution in [1.82, 2.24) is 4.90 Å². The van der Waals surface area contributed by atoms with Crippen LogP contribution in [-0.4, -0.2) is 43.0 Å². The van der Waals surface area contributed by atoms with E-state index in [0.717, 1.165) is 25.8 Å². The third kappa shape index (κ3) is 3.72. The maximum Gasteiger partial charge on any atom is 0.170 e. The quantitative estimate of drug-likeness (QED) is 0.626. The minimum atomic E-state index is -0.0513.